The molecule has 0 aliphatic heterocycles. The van der Waals surface area contributed by atoms with Crippen molar-refractivity contribution in [2.24, 2.45) is 0 Å². The lowest BCUT2D eigenvalue weighted by Crippen LogP contribution is -2.60. The summed E-state index contributed by atoms with van der Waals surface area (Å²) < 4.78 is 73.6. The molecule has 0 bridgehead atoms. The van der Waals surface area contributed by atoms with E-state index in [-0.39, 0.29) is 19.4 Å². The molecule has 0 fully saturated rings. The standard InChI is InChI=1S/C61H101N5O36/c1-57(2,3)102-56(89)62-18-4-5-43(67)63-58(31-90-19-6-44(68)64-59(34-93-22-9-47(71)72,35-94-23-10-48(73)74)36-95-24-11-49(75)76,32-91-20-7-45(69)65-60(37-96-25-12-50(77)78,38-97-26-13-51(79)80)39-98-27-14-52(81)82)33-92-21-8-46(70)66-61(40-99-28-15-53(83)84,41-100-29-16-54(85)86)42-101-30-17-55(87)88/h4-42H2,1-3H3,(H,62,89)(H,63,67)(H,64,68)(H,65,69)(H,66,70)(H,71,72)(H,73,74)(H,75,76)(H,77,78)(H,79,80)(H,81,82)(H,83,84)(H,85,86)(H,87,88). The SMILES string of the molecule is CC(C)(C)OC(=O)NCCCC(=O)NC(COCCC(=O)NC(COCCC(=O)O)(COCCC(=O)O)COCCC(=O)O)(COCCC(=O)NC(COCCC(=O)O)(COCCC(=O)O)COCCC(=O)O)COCCC(=O)NC(COCCC(=O)O)(COCCC(=O)O)COCCC(=O)O. The van der Waals surface area contributed by atoms with Crippen molar-refractivity contribution in [1.82, 2.24) is 26.6 Å². The molecule has 41 heteroatoms. The molecule has 0 saturated heterocycles. The van der Waals surface area contributed by atoms with Crippen LogP contribution in [0.2, 0.25) is 0 Å². The van der Waals surface area contributed by atoms with Crippen LogP contribution in [0.1, 0.15) is 111 Å². The summed E-state index contributed by atoms with van der Waals surface area (Å²) in [5.74, 6) is -14.4. The van der Waals surface area contributed by atoms with Crippen molar-refractivity contribution in [3.63, 3.8) is 0 Å². The minimum absolute atomic E-state index is 0.0182. The number of carboxylic acids is 9. The van der Waals surface area contributed by atoms with Gasteiger partial charge in [-0.05, 0) is 27.2 Å². The molecule has 0 heterocycles. The Morgan fingerprint density at radius 2 is 0.402 bits per heavy atom. The molecule has 0 spiro atoms. The lowest BCUT2D eigenvalue weighted by atomic mass is 10.0. The second-order valence-corrected chi connectivity index (χ2v) is 24.0. The minimum atomic E-state index is -1.90. The monoisotopic (exact) mass is 1480 g/mol. The lowest BCUT2D eigenvalue weighted by molar-refractivity contribution is -0.142. The van der Waals surface area contributed by atoms with Crippen LogP contribution in [0, 0.1) is 0 Å². The van der Waals surface area contributed by atoms with Gasteiger partial charge in [0.2, 0.25) is 23.6 Å². The first-order chi connectivity index (χ1) is 48.0. The lowest BCUT2D eigenvalue weighted by Gasteiger charge is -2.35. The van der Waals surface area contributed by atoms with Crippen LogP contribution in [0.4, 0.5) is 4.79 Å². The van der Waals surface area contributed by atoms with E-state index < -0.39 is 347 Å². The molecule has 5 amide bonds. The van der Waals surface area contributed by atoms with Gasteiger partial charge in [0, 0.05) is 32.2 Å². The predicted molar refractivity (Wildman–Crippen MR) is 341 cm³/mol. The average Bonchev–Trinajstić information content (AvgIpc) is 0.871. The van der Waals surface area contributed by atoms with Crippen molar-refractivity contribution in [3.05, 3.63) is 0 Å². The van der Waals surface area contributed by atoms with Crippen molar-refractivity contribution < 1.29 is 175 Å². The quantitative estimate of drug-likeness (QED) is 0.0304. The number of aliphatic carboxylic acids is 9. The Morgan fingerprint density at radius 1 is 0.245 bits per heavy atom. The predicted octanol–water partition coefficient (Wildman–Crippen LogP) is -1.65. The third-order valence-electron chi connectivity index (χ3n) is 13.0. The molecular weight excluding hydrogens is 1380 g/mol. The molecule has 0 radical (unpaired) electrons. The first-order valence-corrected chi connectivity index (χ1v) is 32.1. The fraction of sp³-hybridized carbons (Fsp3) is 0.770. The van der Waals surface area contributed by atoms with Gasteiger partial charge in [-0.3, -0.25) is 62.3 Å². The molecule has 0 aromatic heterocycles. The highest BCUT2D eigenvalue weighted by Crippen LogP contribution is 2.17. The van der Waals surface area contributed by atoms with Crippen LogP contribution in [-0.2, 0) is 124 Å². The number of ether oxygens (including phenoxy) is 13. The number of alkyl carbamates (subject to hydrolysis) is 1. The van der Waals surface area contributed by atoms with Gasteiger partial charge in [0.15, 0.2) is 0 Å². The van der Waals surface area contributed by atoms with Crippen LogP contribution in [0.15, 0.2) is 0 Å². The number of nitrogens with one attached hydrogen (secondary N) is 5. The van der Waals surface area contributed by atoms with Gasteiger partial charge in [-0.15, -0.1) is 0 Å². The van der Waals surface area contributed by atoms with Gasteiger partial charge in [-0.25, -0.2) is 4.79 Å². The minimum Gasteiger partial charge on any atom is -0.481 e. The first kappa shape index (κ1) is 93.9. The van der Waals surface area contributed by atoms with Crippen LogP contribution >= 0.6 is 0 Å². The van der Waals surface area contributed by atoms with Crippen molar-refractivity contribution in [1.29, 1.82) is 0 Å². The van der Waals surface area contributed by atoms with Crippen LogP contribution in [0.3, 0.4) is 0 Å². The normalized spacial score (nSPS) is 11.8. The molecule has 586 valence electrons. The van der Waals surface area contributed by atoms with E-state index in [0.717, 1.165) is 0 Å². The van der Waals surface area contributed by atoms with Gasteiger partial charge in [0.05, 0.1) is 216 Å². The Morgan fingerprint density at radius 3 is 0.559 bits per heavy atom. The Balaban J connectivity index is 7.69. The van der Waals surface area contributed by atoms with E-state index in [0.29, 0.717) is 0 Å². The number of carbonyl (C=O) groups excluding carboxylic acids is 5. The van der Waals surface area contributed by atoms with E-state index in [9.17, 15) is 113 Å². The highest BCUT2D eigenvalue weighted by molar-refractivity contribution is 5.79. The molecule has 0 aromatic rings. The highest BCUT2D eigenvalue weighted by atomic mass is 16.6. The van der Waals surface area contributed by atoms with Crippen molar-refractivity contribution >= 4 is 83.4 Å². The molecular formula is C61H101N5O36. The molecule has 0 aliphatic rings. The Hall–Kier alpha value is -8.10. The maximum Gasteiger partial charge on any atom is 0.407 e. The number of amides is 5. The van der Waals surface area contributed by atoms with Gasteiger partial charge in [0.1, 0.15) is 27.8 Å². The molecule has 14 N–H and O–H groups in total. The number of rotatable bonds is 68. The molecule has 41 nitrogen and oxygen atoms in total. The fourth-order valence-corrected chi connectivity index (χ4v) is 8.26. The molecule has 0 aromatic carbocycles. The molecule has 102 heavy (non-hydrogen) atoms. The average molecular weight is 1480 g/mol. The van der Waals surface area contributed by atoms with Crippen LogP contribution < -0.4 is 26.6 Å². The maximum absolute atomic E-state index is 14.1. The molecule has 0 atom stereocenters. The van der Waals surface area contributed by atoms with Crippen molar-refractivity contribution in [2.45, 2.75) is 138 Å². The van der Waals surface area contributed by atoms with E-state index in [2.05, 4.69) is 26.6 Å². The topological polar surface area (TPSA) is 601 Å². The Kier molecular flexibility index (Phi) is 49.4. The smallest absolute Gasteiger partial charge is 0.407 e. The first-order valence-electron chi connectivity index (χ1n) is 32.1. The summed E-state index contributed by atoms with van der Waals surface area (Å²) in [5, 5.41) is 96.5. The second-order valence-electron chi connectivity index (χ2n) is 24.0. The van der Waals surface area contributed by atoms with Gasteiger partial charge in [-0.1, -0.05) is 0 Å². The van der Waals surface area contributed by atoms with Gasteiger partial charge in [0.25, 0.3) is 0 Å². The van der Waals surface area contributed by atoms with E-state index in [1.807, 2.05) is 0 Å². The summed E-state index contributed by atoms with van der Waals surface area (Å²) in [5.41, 5.74) is -7.93. The van der Waals surface area contributed by atoms with Crippen LogP contribution in [-0.4, -0.2) is 322 Å². The number of hydrogen-bond acceptors (Lipinski definition) is 27. The molecule has 0 aliphatic carbocycles. The molecule has 0 unspecified atom stereocenters. The summed E-state index contributed by atoms with van der Waals surface area (Å²) in [7, 11) is 0. The summed E-state index contributed by atoms with van der Waals surface area (Å²) in [4.78, 5) is 170. The third kappa shape index (κ3) is 52.8. The van der Waals surface area contributed by atoms with Gasteiger partial charge < -0.3 is 134 Å². The van der Waals surface area contributed by atoms with Crippen molar-refractivity contribution in [2.75, 3.05) is 165 Å². The number of hydrogen-bond donors (Lipinski definition) is 14. The zero-order valence-electron chi connectivity index (χ0n) is 57.6. The summed E-state index contributed by atoms with van der Waals surface area (Å²) in [6.45, 7) is -6.81. The fourth-order valence-electron chi connectivity index (χ4n) is 8.26. The molecule has 0 saturated carbocycles. The summed E-state index contributed by atoms with van der Waals surface area (Å²) in [6, 6.07) is 0. The van der Waals surface area contributed by atoms with Crippen LogP contribution in [0.25, 0.3) is 0 Å². The largest absolute Gasteiger partial charge is 0.481 e. The maximum atomic E-state index is 14.1. The molecule has 0 rings (SSSR count). The van der Waals surface area contributed by atoms with Gasteiger partial charge >= 0.3 is 59.8 Å². The van der Waals surface area contributed by atoms with Crippen molar-refractivity contribution in [3.8, 4) is 0 Å². The van der Waals surface area contributed by atoms with Crippen LogP contribution in [0.5, 0.6) is 0 Å². The number of carboxylic acid groups (broad SMARTS) is 9. The van der Waals surface area contributed by atoms with E-state index in [1.165, 1.54) is 0 Å². The Labute approximate surface area is 586 Å². The Bertz CT molecular complexity index is 2190. The summed E-state index contributed by atoms with van der Waals surface area (Å²) in [6.07, 6.45) is -7.22. The van der Waals surface area contributed by atoms with E-state index in [1.54, 1.807) is 20.8 Å². The second kappa shape index (κ2) is 53.7. The highest BCUT2D eigenvalue weighted by Gasteiger charge is 2.39. The zero-order chi connectivity index (χ0) is 76.9. The van der Waals surface area contributed by atoms with E-state index >= 15 is 0 Å². The number of carbonyl (C=O) groups is 14. The van der Waals surface area contributed by atoms with E-state index in [4.69, 9.17) is 61.6 Å². The third-order valence-corrected chi connectivity index (χ3v) is 13.0. The van der Waals surface area contributed by atoms with Gasteiger partial charge in [-0.2, -0.15) is 0 Å². The zero-order valence-corrected chi connectivity index (χ0v) is 57.6. The summed E-state index contributed by atoms with van der Waals surface area (Å²) >= 11 is 0.